The maximum absolute atomic E-state index is 13.5. The maximum atomic E-state index is 13.5. The van der Waals surface area contributed by atoms with Crippen LogP contribution in [0.15, 0.2) is 69.5 Å². The molecule has 166 valence electrons. The van der Waals surface area contributed by atoms with Gasteiger partial charge in [-0.3, -0.25) is 4.79 Å². The molecule has 4 rings (SSSR count). The number of carbonyl (C=O) groups excluding carboxylic acids is 2. The van der Waals surface area contributed by atoms with Crippen molar-refractivity contribution < 1.29 is 24.2 Å². The van der Waals surface area contributed by atoms with Crippen molar-refractivity contribution in [3.8, 4) is 11.5 Å². The van der Waals surface area contributed by atoms with Crippen LogP contribution >= 0.6 is 15.9 Å². The van der Waals surface area contributed by atoms with Gasteiger partial charge >= 0.3 is 5.97 Å². The Morgan fingerprint density at radius 1 is 1.12 bits per heavy atom. The second kappa shape index (κ2) is 8.82. The number of nitrogens with one attached hydrogen (secondary N) is 1. The Balaban J connectivity index is 1.87. The van der Waals surface area contributed by atoms with E-state index in [4.69, 9.17) is 9.47 Å². The summed E-state index contributed by atoms with van der Waals surface area (Å²) >= 11 is 3.36. The van der Waals surface area contributed by atoms with Crippen LogP contribution in [-0.2, 0) is 14.3 Å². The van der Waals surface area contributed by atoms with Crippen molar-refractivity contribution in [2.75, 3.05) is 14.2 Å². The van der Waals surface area contributed by atoms with Crippen LogP contribution in [0.25, 0.3) is 0 Å². The third-order valence-corrected chi connectivity index (χ3v) is 6.71. The first kappa shape index (κ1) is 22.1. The van der Waals surface area contributed by atoms with E-state index in [1.165, 1.54) is 14.2 Å². The number of phenolic OH excluding ortho intramolecular Hbond substituents is 1. The number of dihydropyridines is 1. The van der Waals surface area contributed by atoms with Gasteiger partial charge in [-0.2, -0.15) is 0 Å². The largest absolute Gasteiger partial charge is 0.503 e. The highest BCUT2D eigenvalue weighted by molar-refractivity contribution is 9.10. The van der Waals surface area contributed by atoms with E-state index in [-0.39, 0.29) is 23.2 Å². The number of hydrogen-bond donors (Lipinski definition) is 2. The highest BCUT2D eigenvalue weighted by atomic mass is 79.9. The highest BCUT2D eigenvalue weighted by Crippen LogP contribution is 2.48. The van der Waals surface area contributed by atoms with E-state index in [2.05, 4.69) is 21.2 Å². The summed E-state index contributed by atoms with van der Waals surface area (Å²) in [7, 11) is 2.78. The van der Waals surface area contributed by atoms with Gasteiger partial charge in [0.25, 0.3) is 0 Å². The van der Waals surface area contributed by atoms with Gasteiger partial charge in [-0.25, -0.2) is 4.79 Å². The molecule has 0 saturated heterocycles. The van der Waals surface area contributed by atoms with Crippen molar-refractivity contribution in [2.45, 2.75) is 31.6 Å². The molecule has 2 aromatic carbocycles. The lowest BCUT2D eigenvalue weighted by Crippen LogP contribution is -2.36. The number of esters is 1. The number of methoxy groups -OCH3 is 2. The van der Waals surface area contributed by atoms with E-state index in [0.29, 0.717) is 39.7 Å². The molecule has 0 spiro atoms. The lowest BCUT2D eigenvalue weighted by molar-refractivity contribution is -0.136. The van der Waals surface area contributed by atoms with Crippen LogP contribution < -0.4 is 10.1 Å². The Morgan fingerprint density at radius 3 is 2.50 bits per heavy atom. The number of Topliss-reactive ketones (excluding diaryl/α,β-unsaturated/α-hetero) is 1. The number of phenols is 1. The number of benzene rings is 2. The van der Waals surface area contributed by atoms with Gasteiger partial charge in [0.05, 0.1) is 24.3 Å². The second-order valence-electron chi connectivity index (χ2n) is 7.97. The average Bonchev–Trinajstić information content (AvgIpc) is 2.79. The minimum absolute atomic E-state index is 0.0188. The van der Waals surface area contributed by atoms with E-state index in [1.54, 1.807) is 12.1 Å². The summed E-state index contributed by atoms with van der Waals surface area (Å²) in [5.41, 5.74) is 4.16. The number of ether oxygens (including phenoxy) is 2. The summed E-state index contributed by atoms with van der Waals surface area (Å²) in [5, 5.41) is 13.6. The van der Waals surface area contributed by atoms with Crippen molar-refractivity contribution in [1.82, 2.24) is 5.32 Å². The lowest BCUT2D eigenvalue weighted by Gasteiger charge is -2.36. The van der Waals surface area contributed by atoms with Crippen LogP contribution in [0.4, 0.5) is 0 Å². The van der Waals surface area contributed by atoms with Gasteiger partial charge in [0.2, 0.25) is 0 Å². The SMILES string of the molecule is COC(=O)C1=C(C)NC2=C(C(=O)C[C@H](c3ccccc3)C2)[C@H]1c1cc(Br)c(O)c(OC)c1. The monoisotopic (exact) mass is 497 g/mol. The number of rotatable bonds is 4. The number of carbonyl (C=O) groups is 2. The van der Waals surface area contributed by atoms with Gasteiger partial charge in [-0.1, -0.05) is 30.3 Å². The third kappa shape index (κ3) is 3.81. The topological polar surface area (TPSA) is 84.9 Å². The first-order chi connectivity index (χ1) is 15.3. The summed E-state index contributed by atoms with van der Waals surface area (Å²) in [6.07, 6.45) is 1.01. The standard InChI is InChI=1S/C25H24BrNO5/c1-13-21(25(30)32-3)22(16-9-17(26)24(29)20(12-16)31-2)23-18(27-13)10-15(11-19(23)28)14-7-5-4-6-8-14/h4-9,12,15,22,27,29H,10-11H2,1-3H3/t15-,22+/m1/s1. The molecule has 0 saturated carbocycles. The minimum Gasteiger partial charge on any atom is -0.503 e. The van der Waals surface area contributed by atoms with Crippen LogP contribution in [0.3, 0.4) is 0 Å². The fraction of sp³-hybridized carbons (Fsp3) is 0.280. The summed E-state index contributed by atoms with van der Waals surface area (Å²) in [6, 6.07) is 13.4. The summed E-state index contributed by atoms with van der Waals surface area (Å²) < 4.78 is 10.8. The van der Waals surface area contributed by atoms with Gasteiger partial charge < -0.3 is 19.9 Å². The molecule has 1 aliphatic carbocycles. The Labute approximate surface area is 195 Å². The number of allylic oxidation sites excluding steroid dienone is 3. The number of halogens is 1. The van der Waals surface area contributed by atoms with Gasteiger partial charge in [0, 0.05) is 29.3 Å². The Morgan fingerprint density at radius 2 is 1.84 bits per heavy atom. The number of aromatic hydroxyl groups is 1. The quantitative estimate of drug-likeness (QED) is 0.595. The van der Waals surface area contributed by atoms with E-state index >= 15 is 0 Å². The molecule has 0 radical (unpaired) electrons. The van der Waals surface area contributed by atoms with Crippen LogP contribution in [0.2, 0.25) is 0 Å². The molecule has 7 heteroatoms. The third-order valence-electron chi connectivity index (χ3n) is 6.11. The number of hydrogen-bond acceptors (Lipinski definition) is 6. The van der Waals surface area contributed by atoms with Crippen molar-refractivity contribution in [3.63, 3.8) is 0 Å². The molecule has 1 aliphatic heterocycles. The fourth-order valence-electron chi connectivity index (χ4n) is 4.63. The first-order valence-electron chi connectivity index (χ1n) is 10.3. The first-order valence-corrected chi connectivity index (χ1v) is 11.1. The van der Waals surface area contributed by atoms with Crippen molar-refractivity contribution >= 4 is 27.7 Å². The molecule has 0 amide bonds. The maximum Gasteiger partial charge on any atom is 0.336 e. The molecule has 1 heterocycles. The zero-order chi connectivity index (χ0) is 23.0. The van der Waals surface area contributed by atoms with Crippen LogP contribution in [0.5, 0.6) is 11.5 Å². The number of ketones is 1. The molecule has 0 unspecified atom stereocenters. The zero-order valence-corrected chi connectivity index (χ0v) is 19.7. The van der Waals surface area contributed by atoms with E-state index in [1.807, 2.05) is 37.3 Å². The molecule has 0 fully saturated rings. The van der Waals surface area contributed by atoms with E-state index < -0.39 is 11.9 Å². The Bertz CT molecular complexity index is 1150. The molecule has 2 aromatic rings. The van der Waals surface area contributed by atoms with Gasteiger partial charge in [-0.15, -0.1) is 0 Å². The predicted octanol–water partition coefficient (Wildman–Crippen LogP) is 4.70. The second-order valence-corrected chi connectivity index (χ2v) is 8.83. The summed E-state index contributed by atoms with van der Waals surface area (Å²) in [4.78, 5) is 26.3. The van der Waals surface area contributed by atoms with Crippen molar-refractivity contribution in [1.29, 1.82) is 0 Å². The normalized spacial score (nSPS) is 20.6. The lowest BCUT2D eigenvalue weighted by atomic mass is 9.71. The molecular weight excluding hydrogens is 474 g/mol. The highest BCUT2D eigenvalue weighted by Gasteiger charge is 2.41. The average molecular weight is 498 g/mol. The fourth-order valence-corrected chi connectivity index (χ4v) is 5.09. The smallest absolute Gasteiger partial charge is 0.336 e. The molecule has 2 aliphatic rings. The summed E-state index contributed by atoms with van der Waals surface area (Å²) in [5.74, 6) is -0.888. The van der Waals surface area contributed by atoms with Crippen LogP contribution in [0.1, 0.15) is 42.7 Å². The van der Waals surface area contributed by atoms with Gasteiger partial charge in [0.15, 0.2) is 17.3 Å². The molecule has 32 heavy (non-hydrogen) atoms. The molecule has 2 atom stereocenters. The molecule has 2 N–H and O–H groups in total. The van der Waals surface area contributed by atoms with E-state index in [0.717, 1.165) is 11.3 Å². The van der Waals surface area contributed by atoms with Gasteiger partial charge in [-0.05, 0) is 58.5 Å². The van der Waals surface area contributed by atoms with Crippen LogP contribution in [-0.4, -0.2) is 31.1 Å². The zero-order valence-electron chi connectivity index (χ0n) is 18.1. The Kier molecular flexibility index (Phi) is 6.11. The van der Waals surface area contributed by atoms with Crippen LogP contribution in [0, 0.1) is 0 Å². The molecule has 0 bridgehead atoms. The summed E-state index contributed by atoms with van der Waals surface area (Å²) in [6.45, 7) is 1.81. The molecular formula is C25H24BrNO5. The Hall–Kier alpha value is -3.06. The van der Waals surface area contributed by atoms with E-state index in [9.17, 15) is 14.7 Å². The van der Waals surface area contributed by atoms with Gasteiger partial charge in [0.1, 0.15) is 0 Å². The van der Waals surface area contributed by atoms with Crippen molar-refractivity contribution in [2.24, 2.45) is 0 Å². The predicted molar refractivity (Wildman–Crippen MR) is 123 cm³/mol. The van der Waals surface area contributed by atoms with Crippen molar-refractivity contribution in [3.05, 3.63) is 80.6 Å². The minimum atomic E-state index is -0.631. The molecule has 0 aromatic heterocycles. The molecule has 6 nitrogen and oxygen atoms in total.